The first-order chi connectivity index (χ1) is 10.6. The normalized spacial score (nSPS) is 15.0. The van der Waals surface area contributed by atoms with Gasteiger partial charge in [-0.05, 0) is 12.5 Å². The quantitative estimate of drug-likeness (QED) is 0.897. The summed E-state index contributed by atoms with van der Waals surface area (Å²) in [6, 6.07) is 8.02. The lowest BCUT2D eigenvalue weighted by molar-refractivity contribution is 0.227. The summed E-state index contributed by atoms with van der Waals surface area (Å²) in [6.45, 7) is 3.01. The summed E-state index contributed by atoms with van der Waals surface area (Å²) in [4.78, 5) is 28.2. The zero-order valence-corrected chi connectivity index (χ0v) is 12.5. The van der Waals surface area contributed by atoms with Crippen LogP contribution in [-0.2, 0) is 20.0 Å². The molecule has 0 aliphatic carbocycles. The van der Waals surface area contributed by atoms with Crippen molar-refractivity contribution < 1.29 is 4.74 Å². The average molecular weight is 301 g/mol. The van der Waals surface area contributed by atoms with Crippen molar-refractivity contribution in [1.82, 2.24) is 14.5 Å². The number of aromatic amines is 1. The molecule has 116 valence electrons. The van der Waals surface area contributed by atoms with Gasteiger partial charge in [-0.2, -0.15) is 0 Å². The van der Waals surface area contributed by atoms with Gasteiger partial charge in [0, 0.05) is 44.0 Å². The summed E-state index contributed by atoms with van der Waals surface area (Å²) in [5.41, 5.74) is 1.18. The first-order valence-electron chi connectivity index (χ1n) is 7.36. The molecule has 2 aromatic rings. The highest BCUT2D eigenvalue weighted by atomic mass is 16.5. The number of nitrogens with one attached hydrogen (secondary N) is 1. The highest BCUT2D eigenvalue weighted by molar-refractivity contribution is 5.33. The van der Waals surface area contributed by atoms with Crippen LogP contribution >= 0.6 is 0 Å². The lowest BCUT2D eigenvalue weighted by Crippen LogP contribution is -2.36. The molecule has 0 bridgehead atoms. The molecule has 0 amide bonds. The minimum atomic E-state index is -0.383. The van der Waals surface area contributed by atoms with E-state index in [0.717, 1.165) is 35.5 Å². The fourth-order valence-corrected chi connectivity index (χ4v) is 2.64. The summed E-state index contributed by atoms with van der Waals surface area (Å²) in [7, 11) is 1.49. The second-order valence-electron chi connectivity index (χ2n) is 5.47. The standard InChI is InChI=1S/C16H19N3O3/c1-18-15(20)12(10-17-16(18)21)6-7-19-8-9-22-14-5-3-2-4-13(14)11-19/h2-5,10H,6-9,11H2,1H3,(H,17,21). The second kappa shape index (κ2) is 6.19. The average Bonchev–Trinajstić information content (AvgIpc) is 2.74. The Hall–Kier alpha value is -2.34. The molecule has 0 fully saturated rings. The van der Waals surface area contributed by atoms with Crippen molar-refractivity contribution >= 4 is 0 Å². The van der Waals surface area contributed by atoms with Gasteiger partial charge >= 0.3 is 5.69 Å². The van der Waals surface area contributed by atoms with Crippen LogP contribution in [0.25, 0.3) is 0 Å². The van der Waals surface area contributed by atoms with Crippen LogP contribution in [-0.4, -0.2) is 34.1 Å². The molecule has 1 aliphatic heterocycles. The fourth-order valence-electron chi connectivity index (χ4n) is 2.64. The van der Waals surface area contributed by atoms with Gasteiger partial charge in [0.05, 0.1) is 0 Å². The molecule has 6 nitrogen and oxygen atoms in total. The molecule has 1 aromatic carbocycles. The van der Waals surface area contributed by atoms with Crippen LogP contribution in [0.1, 0.15) is 11.1 Å². The summed E-state index contributed by atoms with van der Waals surface area (Å²) in [5.74, 6) is 0.935. The minimum Gasteiger partial charge on any atom is -0.492 e. The van der Waals surface area contributed by atoms with Crippen LogP contribution in [0, 0.1) is 0 Å². The Kier molecular flexibility index (Phi) is 4.11. The van der Waals surface area contributed by atoms with Gasteiger partial charge in [-0.25, -0.2) is 4.79 Å². The van der Waals surface area contributed by atoms with E-state index in [9.17, 15) is 9.59 Å². The fraction of sp³-hybridized carbons (Fsp3) is 0.375. The number of hydrogen-bond donors (Lipinski definition) is 1. The van der Waals surface area contributed by atoms with Crippen LogP contribution in [0.4, 0.5) is 0 Å². The van der Waals surface area contributed by atoms with Gasteiger partial charge in [-0.3, -0.25) is 14.3 Å². The third kappa shape index (κ3) is 2.96. The zero-order valence-electron chi connectivity index (χ0n) is 12.5. The highest BCUT2D eigenvalue weighted by Gasteiger charge is 2.15. The molecule has 6 heteroatoms. The van der Waals surface area contributed by atoms with Crippen LogP contribution in [0.5, 0.6) is 5.75 Å². The Morgan fingerprint density at radius 1 is 1.27 bits per heavy atom. The third-order valence-electron chi connectivity index (χ3n) is 3.98. The SMILES string of the molecule is Cn1c(=O)[nH]cc(CCN2CCOc3ccccc3C2)c1=O. The first kappa shape index (κ1) is 14.6. The van der Waals surface area contributed by atoms with E-state index in [4.69, 9.17) is 4.74 Å². The van der Waals surface area contributed by atoms with Crippen molar-refractivity contribution in [2.24, 2.45) is 7.05 Å². The van der Waals surface area contributed by atoms with Crippen LogP contribution in [0.2, 0.25) is 0 Å². The van der Waals surface area contributed by atoms with E-state index < -0.39 is 0 Å². The van der Waals surface area contributed by atoms with Crippen LogP contribution in [0.3, 0.4) is 0 Å². The van der Waals surface area contributed by atoms with Crippen molar-refractivity contribution in [2.75, 3.05) is 19.7 Å². The van der Waals surface area contributed by atoms with Gasteiger partial charge in [-0.1, -0.05) is 18.2 Å². The van der Waals surface area contributed by atoms with Crippen molar-refractivity contribution in [1.29, 1.82) is 0 Å². The minimum absolute atomic E-state index is 0.227. The lowest BCUT2D eigenvalue weighted by Gasteiger charge is -2.19. The molecule has 0 saturated carbocycles. The number of hydrogen-bond acceptors (Lipinski definition) is 4. The molecule has 1 aromatic heterocycles. The third-order valence-corrected chi connectivity index (χ3v) is 3.98. The number of benzene rings is 1. The van der Waals surface area contributed by atoms with E-state index in [-0.39, 0.29) is 11.2 Å². The number of nitrogens with zero attached hydrogens (tertiary/aromatic N) is 2. The van der Waals surface area contributed by atoms with E-state index in [1.807, 2.05) is 18.2 Å². The molecular formula is C16H19N3O3. The number of H-pyrrole nitrogens is 1. The smallest absolute Gasteiger partial charge is 0.328 e. The number of fused-ring (bicyclic) bond motifs is 1. The Morgan fingerprint density at radius 3 is 2.95 bits per heavy atom. The maximum Gasteiger partial charge on any atom is 0.328 e. The molecule has 0 radical (unpaired) electrons. The molecule has 0 unspecified atom stereocenters. The molecule has 2 heterocycles. The van der Waals surface area contributed by atoms with E-state index in [2.05, 4.69) is 16.0 Å². The first-order valence-corrected chi connectivity index (χ1v) is 7.36. The lowest BCUT2D eigenvalue weighted by atomic mass is 10.1. The van der Waals surface area contributed by atoms with Crippen molar-refractivity contribution in [2.45, 2.75) is 13.0 Å². The monoisotopic (exact) mass is 301 g/mol. The molecule has 1 aliphatic rings. The Balaban J connectivity index is 1.71. The topological polar surface area (TPSA) is 67.3 Å². The Labute approximate surface area is 128 Å². The Bertz CT molecular complexity index is 779. The van der Waals surface area contributed by atoms with E-state index in [1.54, 1.807) is 0 Å². The summed E-state index contributed by atoms with van der Waals surface area (Å²) in [5, 5.41) is 0. The predicted molar refractivity (Wildman–Crippen MR) is 83.2 cm³/mol. The van der Waals surface area contributed by atoms with Gasteiger partial charge in [0.15, 0.2) is 0 Å². The van der Waals surface area contributed by atoms with Crippen molar-refractivity contribution in [3.8, 4) is 5.75 Å². The van der Waals surface area contributed by atoms with Gasteiger partial charge in [-0.15, -0.1) is 0 Å². The number of rotatable bonds is 3. The largest absolute Gasteiger partial charge is 0.492 e. The molecule has 0 atom stereocenters. The van der Waals surface area contributed by atoms with E-state index >= 15 is 0 Å². The van der Waals surface area contributed by atoms with Gasteiger partial charge < -0.3 is 9.72 Å². The van der Waals surface area contributed by atoms with Gasteiger partial charge in [0.1, 0.15) is 12.4 Å². The molecular weight excluding hydrogens is 282 g/mol. The van der Waals surface area contributed by atoms with E-state index in [0.29, 0.717) is 18.6 Å². The summed E-state index contributed by atoms with van der Waals surface area (Å²) >= 11 is 0. The summed E-state index contributed by atoms with van der Waals surface area (Å²) in [6.07, 6.45) is 2.12. The second-order valence-corrected chi connectivity index (χ2v) is 5.47. The molecule has 22 heavy (non-hydrogen) atoms. The van der Waals surface area contributed by atoms with Gasteiger partial charge in [0.2, 0.25) is 0 Å². The molecule has 3 rings (SSSR count). The maximum atomic E-state index is 12.0. The zero-order chi connectivity index (χ0) is 15.5. The number of para-hydroxylation sites is 1. The van der Waals surface area contributed by atoms with Crippen molar-refractivity contribution in [3.63, 3.8) is 0 Å². The highest BCUT2D eigenvalue weighted by Crippen LogP contribution is 2.22. The molecule has 0 spiro atoms. The Morgan fingerprint density at radius 2 is 2.09 bits per heavy atom. The molecule has 0 saturated heterocycles. The molecule has 1 N–H and O–H groups in total. The van der Waals surface area contributed by atoms with E-state index in [1.165, 1.54) is 13.2 Å². The van der Waals surface area contributed by atoms with Gasteiger partial charge in [0.25, 0.3) is 5.56 Å². The predicted octanol–water partition coefficient (Wildman–Crippen LogP) is 0.511. The number of ether oxygens (including phenoxy) is 1. The summed E-state index contributed by atoms with van der Waals surface area (Å²) < 4.78 is 6.84. The maximum absolute atomic E-state index is 12.0. The number of aromatic nitrogens is 2. The van der Waals surface area contributed by atoms with Crippen LogP contribution < -0.4 is 16.0 Å². The van der Waals surface area contributed by atoms with Crippen LogP contribution in [0.15, 0.2) is 40.1 Å². The van der Waals surface area contributed by atoms with Crippen molar-refractivity contribution in [3.05, 3.63) is 62.4 Å².